The molecule has 0 unspecified atom stereocenters. The Balaban J connectivity index is 1.36. The van der Waals surface area contributed by atoms with Crippen molar-refractivity contribution in [3.8, 4) is 5.75 Å². The molecule has 8 nitrogen and oxygen atoms in total. The predicted octanol–water partition coefficient (Wildman–Crippen LogP) is 4.24. The minimum Gasteiger partial charge on any atom is -0.495 e. The summed E-state index contributed by atoms with van der Waals surface area (Å²) >= 11 is 6.36. The summed E-state index contributed by atoms with van der Waals surface area (Å²) in [6.45, 7) is 0.890. The summed E-state index contributed by atoms with van der Waals surface area (Å²) in [4.78, 5) is 22.5. The number of carboxylic acids is 1. The number of carbonyl (C=O) groups is 1. The molecule has 0 amide bonds. The van der Waals surface area contributed by atoms with E-state index in [9.17, 15) is 18.7 Å². The number of nitrogens with one attached hydrogen (secondary N) is 2. The molecule has 3 N–H and O–H groups in total. The maximum Gasteiger partial charge on any atom is 0.309 e. The molecule has 36 heavy (non-hydrogen) atoms. The molecule has 2 aliphatic carbocycles. The van der Waals surface area contributed by atoms with Crippen molar-refractivity contribution in [1.29, 1.82) is 0 Å². The molecule has 1 aliphatic heterocycles. The lowest BCUT2D eigenvalue weighted by Gasteiger charge is -2.26. The maximum absolute atomic E-state index is 12.9. The Kier molecular flexibility index (Phi) is 6.98. The number of halogens is 3. The Morgan fingerprint density at radius 3 is 2.67 bits per heavy atom. The standard InChI is InChI=1S/C25H28ClF2N5O3/c1-36-19-10-14-5-7-33(12-20(27)28)6-4-13(14)9-18(19)30-25-29-11-17(26)23(32-25)31-22-16-3-2-15(8-16)21(22)24(34)35/h2-3,9-11,15-16,20-22H,4-8,12H2,1H3,(H,34,35)(H2,29,30,31,32)/t15-,16+,21+,22-/m1/s1. The van der Waals surface area contributed by atoms with Gasteiger partial charge in [-0.1, -0.05) is 23.8 Å². The molecule has 1 aromatic carbocycles. The average Bonchev–Trinajstić information content (AvgIpc) is 3.39. The normalized spacial score (nSPS) is 25.0. The number of ether oxygens (including phenoxy) is 1. The molecule has 2 bridgehead atoms. The summed E-state index contributed by atoms with van der Waals surface area (Å²) in [7, 11) is 1.57. The van der Waals surface area contributed by atoms with E-state index >= 15 is 0 Å². The summed E-state index contributed by atoms with van der Waals surface area (Å²) in [5, 5.41) is 16.5. The highest BCUT2D eigenvalue weighted by Crippen LogP contribution is 2.45. The van der Waals surface area contributed by atoms with E-state index in [-0.39, 0.29) is 30.4 Å². The molecule has 0 spiro atoms. The highest BCUT2D eigenvalue weighted by molar-refractivity contribution is 6.32. The molecule has 5 rings (SSSR count). The first-order chi connectivity index (χ1) is 17.3. The van der Waals surface area contributed by atoms with E-state index in [1.807, 2.05) is 18.2 Å². The van der Waals surface area contributed by atoms with Gasteiger partial charge in [0, 0.05) is 19.1 Å². The van der Waals surface area contributed by atoms with Crippen molar-refractivity contribution in [3.05, 3.63) is 46.6 Å². The van der Waals surface area contributed by atoms with Crippen LogP contribution in [0.1, 0.15) is 17.5 Å². The van der Waals surface area contributed by atoms with E-state index in [1.54, 1.807) is 12.0 Å². The molecule has 0 saturated heterocycles. The molecule has 3 aliphatic rings. The lowest BCUT2D eigenvalue weighted by Crippen LogP contribution is -2.38. The van der Waals surface area contributed by atoms with Crippen LogP contribution in [0.4, 0.5) is 26.2 Å². The van der Waals surface area contributed by atoms with E-state index < -0.39 is 18.3 Å². The Morgan fingerprint density at radius 2 is 1.97 bits per heavy atom. The number of benzene rings is 1. The van der Waals surface area contributed by atoms with Crippen LogP contribution in [-0.4, -0.2) is 65.2 Å². The third-order valence-corrected chi connectivity index (χ3v) is 7.63. The Bertz CT molecular complexity index is 1180. The SMILES string of the molecule is COc1cc2c(cc1Nc1ncc(Cl)c(N[C@H]3[C@@H](C(=O)O)[C@@H]4C=C[C@H]3C4)n1)CCN(CC(F)F)CC2. The van der Waals surface area contributed by atoms with Crippen LogP contribution in [0.5, 0.6) is 5.75 Å². The van der Waals surface area contributed by atoms with Crippen LogP contribution in [-0.2, 0) is 17.6 Å². The molecule has 11 heteroatoms. The number of anilines is 3. The molecule has 2 heterocycles. The molecule has 1 aromatic heterocycles. The molecule has 1 fully saturated rings. The van der Waals surface area contributed by atoms with Crippen LogP contribution in [0.25, 0.3) is 0 Å². The Hall–Kier alpha value is -2.98. The fourth-order valence-corrected chi connectivity index (χ4v) is 5.75. The molecule has 4 atom stereocenters. The summed E-state index contributed by atoms with van der Waals surface area (Å²) in [6, 6.07) is 3.57. The zero-order chi connectivity index (χ0) is 25.4. The quantitative estimate of drug-likeness (QED) is 0.445. The highest BCUT2D eigenvalue weighted by Gasteiger charge is 2.48. The van der Waals surface area contributed by atoms with Gasteiger partial charge in [0.25, 0.3) is 6.43 Å². The largest absolute Gasteiger partial charge is 0.495 e. The van der Waals surface area contributed by atoms with Crippen molar-refractivity contribution >= 4 is 35.0 Å². The van der Waals surface area contributed by atoms with Crippen LogP contribution >= 0.6 is 11.6 Å². The van der Waals surface area contributed by atoms with E-state index in [0.29, 0.717) is 48.2 Å². The van der Waals surface area contributed by atoms with Crippen LogP contribution in [0, 0.1) is 17.8 Å². The lowest BCUT2D eigenvalue weighted by atomic mass is 9.89. The first-order valence-electron chi connectivity index (χ1n) is 12.0. The van der Waals surface area contributed by atoms with Crippen LogP contribution in [0.15, 0.2) is 30.5 Å². The molecule has 1 saturated carbocycles. The third-order valence-electron chi connectivity index (χ3n) is 7.35. The van der Waals surface area contributed by atoms with Crippen molar-refractivity contribution in [2.24, 2.45) is 17.8 Å². The first-order valence-corrected chi connectivity index (χ1v) is 12.4. The average molecular weight is 520 g/mol. The van der Waals surface area contributed by atoms with Gasteiger partial charge < -0.3 is 20.5 Å². The highest BCUT2D eigenvalue weighted by atomic mass is 35.5. The second-order valence-electron chi connectivity index (χ2n) is 9.51. The van der Waals surface area contributed by atoms with Gasteiger partial charge in [0.1, 0.15) is 10.8 Å². The molecule has 192 valence electrons. The van der Waals surface area contributed by atoms with Crippen molar-refractivity contribution in [3.63, 3.8) is 0 Å². The summed E-state index contributed by atoms with van der Waals surface area (Å²) < 4.78 is 31.3. The monoisotopic (exact) mass is 519 g/mol. The lowest BCUT2D eigenvalue weighted by molar-refractivity contribution is -0.142. The van der Waals surface area contributed by atoms with Gasteiger partial charge >= 0.3 is 5.97 Å². The molecular weight excluding hydrogens is 492 g/mol. The smallest absolute Gasteiger partial charge is 0.309 e. The summed E-state index contributed by atoms with van der Waals surface area (Å²) in [5.41, 5.74) is 2.77. The van der Waals surface area contributed by atoms with Crippen molar-refractivity contribution in [2.75, 3.05) is 37.4 Å². The van der Waals surface area contributed by atoms with E-state index in [2.05, 4.69) is 26.7 Å². The number of aliphatic carboxylic acids is 1. The van der Waals surface area contributed by atoms with Gasteiger partial charge in [-0.05, 0) is 54.4 Å². The van der Waals surface area contributed by atoms with Crippen LogP contribution in [0.3, 0.4) is 0 Å². The third kappa shape index (κ3) is 4.97. The minimum absolute atomic E-state index is 0.00339. The number of nitrogens with zero attached hydrogens (tertiary/aromatic N) is 3. The fraction of sp³-hybridized carbons (Fsp3) is 0.480. The number of carboxylic acid groups (broad SMARTS) is 1. The second-order valence-corrected chi connectivity index (χ2v) is 9.92. The predicted molar refractivity (Wildman–Crippen MR) is 132 cm³/mol. The van der Waals surface area contributed by atoms with Gasteiger partial charge in [0.15, 0.2) is 5.82 Å². The van der Waals surface area contributed by atoms with Gasteiger partial charge in [-0.25, -0.2) is 13.8 Å². The number of rotatable bonds is 8. The number of alkyl halides is 2. The Morgan fingerprint density at radius 1 is 1.25 bits per heavy atom. The number of allylic oxidation sites excluding steroid dienone is 1. The molecule has 2 aromatic rings. The fourth-order valence-electron chi connectivity index (χ4n) is 5.61. The van der Waals surface area contributed by atoms with Gasteiger partial charge in [0.05, 0.1) is 31.5 Å². The van der Waals surface area contributed by atoms with Gasteiger partial charge in [-0.2, -0.15) is 4.98 Å². The number of aromatic nitrogens is 2. The van der Waals surface area contributed by atoms with Crippen molar-refractivity contribution in [2.45, 2.75) is 31.7 Å². The maximum atomic E-state index is 12.9. The topological polar surface area (TPSA) is 99.6 Å². The van der Waals surface area contributed by atoms with E-state index in [1.165, 1.54) is 6.20 Å². The van der Waals surface area contributed by atoms with Gasteiger partial charge in [0.2, 0.25) is 5.95 Å². The van der Waals surface area contributed by atoms with E-state index in [0.717, 1.165) is 17.5 Å². The number of methoxy groups -OCH3 is 1. The zero-order valence-electron chi connectivity index (χ0n) is 19.8. The molecule has 0 radical (unpaired) electrons. The van der Waals surface area contributed by atoms with Crippen LogP contribution < -0.4 is 15.4 Å². The van der Waals surface area contributed by atoms with Crippen LogP contribution in [0.2, 0.25) is 5.02 Å². The number of fused-ring (bicyclic) bond motifs is 3. The number of hydrogen-bond acceptors (Lipinski definition) is 7. The summed E-state index contributed by atoms with van der Waals surface area (Å²) in [6.07, 6.45) is 5.24. The first kappa shape index (κ1) is 24.7. The van der Waals surface area contributed by atoms with Crippen molar-refractivity contribution in [1.82, 2.24) is 14.9 Å². The van der Waals surface area contributed by atoms with E-state index in [4.69, 9.17) is 16.3 Å². The van der Waals surface area contributed by atoms with Gasteiger partial charge in [-0.15, -0.1) is 0 Å². The number of hydrogen-bond donors (Lipinski definition) is 3. The molecular formula is C25H28ClF2N5O3. The second kappa shape index (κ2) is 10.2. The zero-order valence-corrected chi connectivity index (χ0v) is 20.5. The summed E-state index contributed by atoms with van der Waals surface area (Å²) in [5.74, 6) is -0.0438. The Labute approximate surface area is 212 Å². The van der Waals surface area contributed by atoms with Crippen molar-refractivity contribution < 1.29 is 23.4 Å². The van der Waals surface area contributed by atoms with Gasteiger partial charge in [-0.3, -0.25) is 9.69 Å². The minimum atomic E-state index is -2.36.